The van der Waals surface area contributed by atoms with E-state index < -0.39 is 11.6 Å². The molecule has 0 bridgehead atoms. The third-order valence-electron chi connectivity index (χ3n) is 2.69. The molecule has 0 atom stereocenters. The fourth-order valence-electron chi connectivity index (χ4n) is 1.70. The maximum atomic E-state index is 13.7. The zero-order valence-corrected chi connectivity index (χ0v) is 12.2. The molecular formula is C15H11BrF2O2. The van der Waals surface area contributed by atoms with Crippen molar-refractivity contribution in [2.45, 2.75) is 13.3 Å². The third kappa shape index (κ3) is 3.04. The van der Waals surface area contributed by atoms with Crippen LogP contribution in [0.5, 0.6) is 11.5 Å². The molecule has 0 radical (unpaired) electrons. The number of para-hydroxylation sites is 1. The highest BCUT2D eigenvalue weighted by Gasteiger charge is 2.16. The first-order valence-electron chi connectivity index (χ1n) is 5.97. The fourth-order valence-corrected chi connectivity index (χ4v) is 2.11. The number of hydrogen-bond acceptors (Lipinski definition) is 2. The first kappa shape index (κ1) is 14.7. The molecule has 0 heterocycles. The van der Waals surface area contributed by atoms with Crippen LogP contribution < -0.4 is 4.74 Å². The third-order valence-corrected chi connectivity index (χ3v) is 3.15. The highest BCUT2D eigenvalue weighted by Crippen LogP contribution is 2.31. The van der Waals surface area contributed by atoms with Gasteiger partial charge < -0.3 is 4.74 Å². The van der Waals surface area contributed by atoms with Gasteiger partial charge in [0.05, 0.1) is 5.56 Å². The second-order valence-electron chi connectivity index (χ2n) is 4.07. The maximum Gasteiger partial charge on any atom is 0.201 e. The number of carbonyl (C=O) groups is 1. The van der Waals surface area contributed by atoms with Crippen LogP contribution in [-0.2, 0) is 0 Å². The zero-order valence-electron chi connectivity index (χ0n) is 10.6. The van der Waals surface area contributed by atoms with E-state index in [1.807, 2.05) is 0 Å². The molecule has 0 amide bonds. The van der Waals surface area contributed by atoms with Crippen molar-refractivity contribution >= 4 is 21.7 Å². The minimum atomic E-state index is -1.09. The van der Waals surface area contributed by atoms with Gasteiger partial charge in [0.25, 0.3) is 0 Å². The molecule has 0 saturated heterocycles. The van der Waals surface area contributed by atoms with Gasteiger partial charge in [-0.25, -0.2) is 4.39 Å². The lowest BCUT2D eigenvalue weighted by molar-refractivity contribution is 0.0986. The van der Waals surface area contributed by atoms with Crippen LogP contribution in [0.3, 0.4) is 0 Å². The molecule has 0 fully saturated rings. The predicted octanol–water partition coefficient (Wildman–Crippen LogP) is 5.11. The summed E-state index contributed by atoms with van der Waals surface area (Å²) in [6.07, 6.45) is 0.301. The van der Waals surface area contributed by atoms with Crippen molar-refractivity contribution in [2.24, 2.45) is 0 Å². The van der Waals surface area contributed by atoms with Gasteiger partial charge in [0.2, 0.25) is 5.82 Å². The molecular weight excluding hydrogens is 330 g/mol. The number of ketones is 1. The molecule has 2 rings (SSSR count). The van der Waals surface area contributed by atoms with Gasteiger partial charge in [-0.3, -0.25) is 4.79 Å². The van der Waals surface area contributed by atoms with Gasteiger partial charge in [-0.05, 0) is 24.3 Å². The van der Waals surface area contributed by atoms with Gasteiger partial charge in [0.15, 0.2) is 17.3 Å². The molecule has 5 heteroatoms. The van der Waals surface area contributed by atoms with Crippen molar-refractivity contribution in [1.82, 2.24) is 0 Å². The normalized spacial score (nSPS) is 10.4. The average molecular weight is 341 g/mol. The summed E-state index contributed by atoms with van der Waals surface area (Å²) in [5, 5.41) is 0. The number of halogens is 3. The van der Waals surface area contributed by atoms with E-state index in [0.29, 0.717) is 16.5 Å². The fraction of sp³-hybridized carbons (Fsp3) is 0.133. The van der Waals surface area contributed by atoms with E-state index >= 15 is 0 Å². The molecule has 0 saturated carbocycles. The molecule has 20 heavy (non-hydrogen) atoms. The van der Waals surface area contributed by atoms with Crippen molar-refractivity contribution in [3.05, 3.63) is 58.1 Å². The van der Waals surface area contributed by atoms with Gasteiger partial charge in [0.1, 0.15) is 5.75 Å². The van der Waals surface area contributed by atoms with Crippen molar-refractivity contribution in [3.8, 4) is 11.5 Å². The molecule has 0 unspecified atom stereocenters. The van der Waals surface area contributed by atoms with Gasteiger partial charge in [0, 0.05) is 10.9 Å². The van der Waals surface area contributed by atoms with E-state index in [4.69, 9.17) is 4.74 Å². The van der Waals surface area contributed by atoms with Crippen LogP contribution >= 0.6 is 15.9 Å². The lowest BCUT2D eigenvalue weighted by Gasteiger charge is -2.11. The minimum absolute atomic E-state index is 0.128. The van der Waals surface area contributed by atoms with E-state index in [-0.39, 0.29) is 17.3 Å². The van der Waals surface area contributed by atoms with E-state index in [2.05, 4.69) is 15.9 Å². The quantitative estimate of drug-likeness (QED) is 0.570. The van der Waals surface area contributed by atoms with Crippen LogP contribution in [0.15, 0.2) is 40.9 Å². The Bertz CT molecular complexity index is 656. The Morgan fingerprint density at radius 2 is 1.90 bits per heavy atom. The number of Topliss-reactive ketones (excluding diaryl/α,β-unsaturated/α-hetero) is 1. The number of benzene rings is 2. The summed E-state index contributed by atoms with van der Waals surface area (Å²) in [5.74, 6) is -2.30. The van der Waals surface area contributed by atoms with Crippen LogP contribution in [-0.4, -0.2) is 5.78 Å². The molecule has 104 valence electrons. The number of ether oxygens (including phenoxy) is 1. The van der Waals surface area contributed by atoms with Crippen LogP contribution in [0, 0.1) is 11.6 Å². The smallest absolute Gasteiger partial charge is 0.201 e. The monoisotopic (exact) mass is 340 g/mol. The summed E-state index contributed by atoms with van der Waals surface area (Å²) >= 11 is 3.07. The molecule has 0 spiro atoms. The Morgan fingerprint density at radius 3 is 2.60 bits per heavy atom. The summed E-state index contributed by atoms with van der Waals surface area (Å²) in [6, 6.07) is 8.80. The summed E-state index contributed by atoms with van der Waals surface area (Å²) in [6.45, 7) is 1.72. The van der Waals surface area contributed by atoms with Gasteiger partial charge in [-0.2, -0.15) is 4.39 Å². The molecule has 2 aromatic carbocycles. The van der Waals surface area contributed by atoms with Crippen LogP contribution in [0.1, 0.15) is 23.7 Å². The number of hydrogen-bond donors (Lipinski definition) is 0. The van der Waals surface area contributed by atoms with Crippen LogP contribution in [0.2, 0.25) is 0 Å². The molecule has 2 nitrogen and oxygen atoms in total. The largest absolute Gasteiger partial charge is 0.453 e. The molecule has 0 aromatic heterocycles. The van der Waals surface area contributed by atoms with E-state index in [1.165, 1.54) is 6.07 Å². The topological polar surface area (TPSA) is 26.3 Å². The standard InChI is InChI=1S/C15H11BrF2O2/c1-2-12(19)10-5-3-4-6-13(10)20-14-8-9(16)7-11(17)15(14)18/h3-8H,2H2,1H3. The molecule has 0 N–H and O–H groups in total. The van der Waals surface area contributed by atoms with Crippen molar-refractivity contribution in [2.75, 3.05) is 0 Å². The highest BCUT2D eigenvalue weighted by atomic mass is 79.9. The Balaban J connectivity index is 2.43. The lowest BCUT2D eigenvalue weighted by atomic mass is 10.1. The summed E-state index contributed by atoms with van der Waals surface area (Å²) < 4.78 is 32.7. The number of carbonyl (C=O) groups excluding carboxylic acids is 1. The first-order chi connectivity index (χ1) is 9.52. The summed E-state index contributed by atoms with van der Waals surface area (Å²) in [7, 11) is 0. The van der Waals surface area contributed by atoms with Crippen molar-refractivity contribution in [1.29, 1.82) is 0 Å². The predicted molar refractivity (Wildman–Crippen MR) is 75.2 cm³/mol. The lowest BCUT2D eigenvalue weighted by Crippen LogP contribution is -2.01. The van der Waals surface area contributed by atoms with Crippen molar-refractivity contribution in [3.63, 3.8) is 0 Å². The molecule has 0 aliphatic heterocycles. The van der Waals surface area contributed by atoms with E-state index in [0.717, 1.165) is 6.07 Å². The maximum absolute atomic E-state index is 13.7. The van der Waals surface area contributed by atoms with Crippen LogP contribution in [0.25, 0.3) is 0 Å². The summed E-state index contributed by atoms with van der Waals surface area (Å²) in [4.78, 5) is 11.8. The Kier molecular flexibility index (Phi) is 4.49. The first-order valence-corrected chi connectivity index (χ1v) is 6.77. The van der Waals surface area contributed by atoms with E-state index in [1.54, 1.807) is 31.2 Å². The highest BCUT2D eigenvalue weighted by molar-refractivity contribution is 9.10. The zero-order chi connectivity index (χ0) is 14.7. The number of rotatable bonds is 4. The van der Waals surface area contributed by atoms with Gasteiger partial charge in [-0.1, -0.05) is 35.0 Å². The van der Waals surface area contributed by atoms with Gasteiger partial charge in [-0.15, -0.1) is 0 Å². The summed E-state index contributed by atoms with van der Waals surface area (Å²) in [5.41, 5.74) is 0.342. The Hall–Kier alpha value is -1.75. The Labute approximate surface area is 123 Å². The average Bonchev–Trinajstić information content (AvgIpc) is 2.44. The molecule has 2 aromatic rings. The molecule has 0 aliphatic carbocycles. The Morgan fingerprint density at radius 1 is 1.20 bits per heavy atom. The molecule has 0 aliphatic rings. The SMILES string of the molecule is CCC(=O)c1ccccc1Oc1cc(Br)cc(F)c1F. The second kappa shape index (κ2) is 6.13. The van der Waals surface area contributed by atoms with E-state index in [9.17, 15) is 13.6 Å². The van der Waals surface area contributed by atoms with Crippen LogP contribution in [0.4, 0.5) is 8.78 Å². The van der Waals surface area contributed by atoms with Gasteiger partial charge >= 0.3 is 0 Å². The van der Waals surface area contributed by atoms with Crippen molar-refractivity contribution < 1.29 is 18.3 Å². The second-order valence-corrected chi connectivity index (χ2v) is 4.99. The minimum Gasteiger partial charge on any atom is -0.453 e.